The normalized spacial score (nSPS) is 19.8. The van der Waals surface area contributed by atoms with Crippen molar-refractivity contribution in [3.05, 3.63) is 24.0 Å². The van der Waals surface area contributed by atoms with Crippen LogP contribution in [0.15, 0.2) is 18.3 Å². The van der Waals surface area contributed by atoms with E-state index in [1.165, 1.54) is 6.42 Å². The third kappa shape index (κ3) is 3.69. The van der Waals surface area contributed by atoms with E-state index < -0.39 is 0 Å². The van der Waals surface area contributed by atoms with E-state index in [-0.39, 0.29) is 5.91 Å². The molecule has 0 bridgehead atoms. The zero-order valence-electron chi connectivity index (χ0n) is 12.0. The fourth-order valence-electron chi connectivity index (χ4n) is 2.13. The van der Waals surface area contributed by atoms with Gasteiger partial charge in [0.1, 0.15) is 5.69 Å². The highest BCUT2D eigenvalue weighted by molar-refractivity contribution is 5.92. The van der Waals surface area contributed by atoms with Crippen LogP contribution in [0.2, 0.25) is 0 Å². The number of pyridine rings is 1. The Morgan fingerprint density at radius 1 is 1.47 bits per heavy atom. The molecule has 0 saturated heterocycles. The smallest absolute Gasteiger partial charge is 0.269 e. The molecule has 1 atom stereocenters. The van der Waals surface area contributed by atoms with Crippen molar-refractivity contribution >= 4 is 11.6 Å². The van der Waals surface area contributed by atoms with Gasteiger partial charge in [0, 0.05) is 13.1 Å². The van der Waals surface area contributed by atoms with Gasteiger partial charge in [0.15, 0.2) is 0 Å². The molecular formula is C15H23N3O. The minimum Gasteiger partial charge on any atom is -0.384 e. The van der Waals surface area contributed by atoms with E-state index in [1.54, 1.807) is 12.3 Å². The van der Waals surface area contributed by atoms with Crippen molar-refractivity contribution in [1.29, 1.82) is 0 Å². The van der Waals surface area contributed by atoms with Crippen LogP contribution in [0.25, 0.3) is 0 Å². The molecule has 1 aromatic heterocycles. The molecule has 19 heavy (non-hydrogen) atoms. The summed E-state index contributed by atoms with van der Waals surface area (Å²) in [6, 6.07) is 3.67. The molecule has 0 radical (unpaired) electrons. The SMILES string of the molecule is CCCNc1ccc(C(=O)NCC2CC2(C)C)nc1. The van der Waals surface area contributed by atoms with E-state index in [2.05, 4.69) is 36.4 Å². The maximum absolute atomic E-state index is 11.9. The maximum Gasteiger partial charge on any atom is 0.269 e. The van der Waals surface area contributed by atoms with Crippen LogP contribution >= 0.6 is 0 Å². The number of nitrogens with zero attached hydrogens (tertiary/aromatic N) is 1. The zero-order chi connectivity index (χ0) is 13.9. The largest absolute Gasteiger partial charge is 0.384 e. The Kier molecular flexibility index (Phi) is 4.08. The third-order valence-electron chi connectivity index (χ3n) is 3.80. The number of rotatable bonds is 6. The second kappa shape index (κ2) is 5.59. The number of carbonyl (C=O) groups excluding carboxylic acids is 1. The minimum atomic E-state index is -0.0789. The summed E-state index contributed by atoms with van der Waals surface area (Å²) in [5.41, 5.74) is 1.84. The average Bonchev–Trinajstić information content (AvgIpc) is 3.02. The van der Waals surface area contributed by atoms with E-state index in [1.807, 2.05) is 6.07 Å². The lowest BCUT2D eigenvalue weighted by atomic mass is 10.1. The molecule has 1 heterocycles. The van der Waals surface area contributed by atoms with Gasteiger partial charge >= 0.3 is 0 Å². The molecule has 1 aliphatic carbocycles. The van der Waals surface area contributed by atoms with Crippen molar-refractivity contribution < 1.29 is 4.79 Å². The van der Waals surface area contributed by atoms with Crippen LogP contribution in [-0.4, -0.2) is 24.0 Å². The van der Waals surface area contributed by atoms with Crippen LogP contribution in [0.5, 0.6) is 0 Å². The van der Waals surface area contributed by atoms with Crippen molar-refractivity contribution in [2.75, 3.05) is 18.4 Å². The Labute approximate surface area is 115 Å². The summed E-state index contributed by atoms with van der Waals surface area (Å²) in [7, 11) is 0. The van der Waals surface area contributed by atoms with E-state index in [0.717, 1.165) is 25.2 Å². The molecule has 1 fully saturated rings. The Bertz CT molecular complexity index is 439. The minimum absolute atomic E-state index is 0.0789. The molecule has 1 amide bonds. The monoisotopic (exact) mass is 261 g/mol. The average molecular weight is 261 g/mol. The summed E-state index contributed by atoms with van der Waals surface area (Å²) in [5.74, 6) is 0.534. The molecule has 1 saturated carbocycles. The van der Waals surface area contributed by atoms with Crippen molar-refractivity contribution in [2.24, 2.45) is 11.3 Å². The van der Waals surface area contributed by atoms with Gasteiger partial charge in [0.2, 0.25) is 0 Å². The molecule has 0 aromatic carbocycles. The van der Waals surface area contributed by atoms with Crippen LogP contribution in [0.4, 0.5) is 5.69 Å². The van der Waals surface area contributed by atoms with E-state index >= 15 is 0 Å². The predicted molar refractivity (Wildman–Crippen MR) is 77.2 cm³/mol. The lowest BCUT2D eigenvalue weighted by molar-refractivity contribution is 0.0945. The van der Waals surface area contributed by atoms with Crippen molar-refractivity contribution in [2.45, 2.75) is 33.6 Å². The predicted octanol–water partition coefficient (Wildman–Crippen LogP) is 2.68. The van der Waals surface area contributed by atoms with Gasteiger partial charge in [-0.05, 0) is 36.3 Å². The highest BCUT2D eigenvalue weighted by Crippen LogP contribution is 2.50. The summed E-state index contributed by atoms with van der Waals surface area (Å²) in [6.45, 7) is 8.25. The van der Waals surface area contributed by atoms with E-state index in [4.69, 9.17) is 0 Å². The summed E-state index contributed by atoms with van der Waals surface area (Å²) in [5, 5.41) is 6.19. The molecule has 1 unspecified atom stereocenters. The number of anilines is 1. The summed E-state index contributed by atoms with van der Waals surface area (Å²) in [4.78, 5) is 16.1. The van der Waals surface area contributed by atoms with Crippen molar-refractivity contribution in [3.63, 3.8) is 0 Å². The first-order valence-corrected chi connectivity index (χ1v) is 7.01. The lowest BCUT2D eigenvalue weighted by Gasteiger charge is -2.07. The van der Waals surface area contributed by atoms with Gasteiger partial charge in [-0.3, -0.25) is 4.79 Å². The molecule has 1 aliphatic rings. The summed E-state index contributed by atoms with van der Waals surface area (Å²) >= 11 is 0. The van der Waals surface area contributed by atoms with Gasteiger partial charge in [0.05, 0.1) is 11.9 Å². The topological polar surface area (TPSA) is 54.0 Å². The Morgan fingerprint density at radius 2 is 2.21 bits per heavy atom. The van der Waals surface area contributed by atoms with Crippen LogP contribution in [-0.2, 0) is 0 Å². The number of hydrogen-bond acceptors (Lipinski definition) is 3. The first kappa shape index (κ1) is 13.8. The van der Waals surface area contributed by atoms with Gasteiger partial charge in [-0.15, -0.1) is 0 Å². The van der Waals surface area contributed by atoms with E-state index in [9.17, 15) is 4.79 Å². The zero-order valence-corrected chi connectivity index (χ0v) is 12.0. The second-order valence-electron chi connectivity index (χ2n) is 5.96. The molecule has 4 heteroatoms. The Morgan fingerprint density at radius 3 is 2.74 bits per heavy atom. The van der Waals surface area contributed by atoms with Gasteiger partial charge in [-0.25, -0.2) is 4.98 Å². The molecule has 1 aromatic rings. The third-order valence-corrected chi connectivity index (χ3v) is 3.80. The van der Waals surface area contributed by atoms with Crippen LogP contribution in [0.3, 0.4) is 0 Å². The summed E-state index contributed by atoms with van der Waals surface area (Å²) < 4.78 is 0. The molecular weight excluding hydrogens is 238 g/mol. The molecule has 104 valence electrons. The Hall–Kier alpha value is -1.58. The number of hydrogen-bond donors (Lipinski definition) is 2. The number of amides is 1. The summed E-state index contributed by atoms with van der Waals surface area (Å²) in [6.07, 6.45) is 3.98. The molecule has 2 rings (SSSR count). The number of carbonyl (C=O) groups is 1. The number of aromatic nitrogens is 1. The molecule has 4 nitrogen and oxygen atoms in total. The van der Waals surface area contributed by atoms with Gasteiger partial charge in [-0.1, -0.05) is 20.8 Å². The van der Waals surface area contributed by atoms with Gasteiger partial charge in [-0.2, -0.15) is 0 Å². The molecule has 2 N–H and O–H groups in total. The standard InChI is InChI=1S/C15H23N3O/c1-4-7-16-12-5-6-13(17-10-12)14(19)18-9-11-8-15(11,2)3/h5-6,10-11,16H,4,7-9H2,1-3H3,(H,18,19). The van der Waals surface area contributed by atoms with Crippen molar-refractivity contribution in [1.82, 2.24) is 10.3 Å². The van der Waals surface area contributed by atoms with Gasteiger partial charge < -0.3 is 10.6 Å². The van der Waals surface area contributed by atoms with E-state index in [0.29, 0.717) is 17.0 Å². The Balaban J connectivity index is 1.82. The fraction of sp³-hybridized carbons (Fsp3) is 0.600. The molecule has 0 spiro atoms. The lowest BCUT2D eigenvalue weighted by Crippen LogP contribution is -2.27. The van der Waals surface area contributed by atoms with Crippen LogP contribution in [0, 0.1) is 11.3 Å². The van der Waals surface area contributed by atoms with Crippen LogP contribution in [0.1, 0.15) is 44.1 Å². The highest BCUT2D eigenvalue weighted by atomic mass is 16.1. The quantitative estimate of drug-likeness (QED) is 0.827. The first-order valence-electron chi connectivity index (χ1n) is 7.01. The second-order valence-corrected chi connectivity index (χ2v) is 5.96. The molecule has 0 aliphatic heterocycles. The fourth-order valence-corrected chi connectivity index (χ4v) is 2.13. The first-order chi connectivity index (χ1) is 9.03. The van der Waals surface area contributed by atoms with Crippen LogP contribution < -0.4 is 10.6 Å². The number of nitrogens with one attached hydrogen (secondary N) is 2. The highest BCUT2D eigenvalue weighted by Gasteiger charge is 2.45. The van der Waals surface area contributed by atoms with Crippen molar-refractivity contribution in [3.8, 4) is 0 Å². The van der Waals surface area contributed by atoms with Gasteiger partial charge in [0.25, 0.3) is 5.91 Å². The maximum atomic E-state index is 11.9.